The highest BCUT2D eigenvalue weighted by Gasteiger charge is 2.21. The Bertz CT molecular complexity index is 658. The molecule has 0 aliphatic carbocycles. The van der Waals surface area contributed by atoms with Gasteiger partial charge in [0.2, 0.25) is 5.91 Å². The molecule has 0 saturated carbocycles. The van der Waals surface area contributed by atoms with Crippen LogP contribution in [0.4, 0.5) is 0 Å². The second-order valence-electron chi connectivity index (χ2n) is 7.40. The molecule has 0 radical (unpaired) electrons. The molecule has 1 fully saturated rings. The quantitative estimate of drug-likeness (QED) is 0.656. The number of ether oxygens (including phenoxy) is 1. The fourth-order valence-electron chi connectivity index (χ4n) is 3.65. The van der Waals surface area contributed by atoms with Crippen molar-refractivity contribution in [3.63, 3.8) is 0 Å². The molecule has 4 nitrogen and oxygen atoms in total. The number of hydrogen-bond donors (Lipinski definition) is 0. The number of piperazine rings is 1. The van der Waals surface area contributed by atoms with Gasteiger partial charge in [-0.3, -0.25) is 9.69 Å². The molecular formula is C24H32N2O2. The molecule has 2 aromatic rings. The monoisotopic (exact) mass is 380 g/mol. The number of hydrogen-bond acceptors (Lipinski definition) is 3. The fourth-order valence-corrected chi connectivity index (χ4v) is 3.65. The highest BCUT2D eigenvalue weighted by atomic mass is 16.5. The fraction of sp³-hybridized carbons (Fsp3) is 0.458. The minimum atomic E-state index is -0.0423. The van der Waals surface area contributed by atoms with Gasteiger partial charge in [0.05, 0.1) is 6.61 Å². The van der Waals surface area contributed by atoms with E-state index in [9.17, 15) is 4.79 Å². The van der Waals surface area contributed by atoms with Crippen molar-refractivity contribution in [1.29, 1.82) is 0 Å². The maximum Gasteiger partial charge on any atom is 0.222 e. The molecule has 0 N–H and O–H groups in total. The normalized spacial score (nSPS) is 15.1. The molecule has 1 heterocycles. The first kappa shape index (κ1) is 20.6. The highest BCUT2D eigenvalue weighted by Crippen LogP contribution is 2.25. The average molecular weight is 381 g/mol. The van der Waals surface area contributed by atoms with Crippen LogP contribution in [0.25, 0.3) is 0 Å². The van der Waals surface area contributed by atoms with Crippen LogP contribution in [0.5, 0.6) is 0 Å². The summed E-state index contributed by atoms with van der Waals surface area (Å²) >= 11 is 0. The predicted molar refractivity (Wildman–Crippen MR) is 113 cm³/mol. The third kappa shape index (κ3) is 5.91. The van der Waals surface area contributed by atoms with Gasteiger partial charge in [-0.15, -0.1) is 0 Å². The minimum absolute atomic E-state index is 0.0423. The molecule has 2 aromatic carbocycles. The van der Waals surface area contributed by atoms with Gasteiger partial charge in [-0.25, -0.2) is 0 Å². The molecule has 0 atom stereocenters. The van der Waals surface area contributed by atoms with Gasteiger partial charge in [-0.2, -0.15) is 0 Å². The van der Waals surface area contributed by atoms with Crippen LogP contribution in [0, 0.1) is 0 Å². The van der Waals surface area contributed by atoms with Crippen LogP contribution in [-0.4, -0.2) is 55.0 Å². The summed E-state index contributed by atoms with van der Waals surface area (Å²) in [6, 6.07) is 20.8. The van der Waals surface area contributed by atoms with Gasteiger partial charge < -0.3 is 9.64 Å². The van der Waals surface area contributed by atoms with Crippen molar-refractivity contribution in [3.8, 4) is 0 Å². The van der Waals surface area contributed by atoms with Crippen LogP contribution in [0.1, 0.15) is 43.4 Å². The van der Waals surface area contributed by atoms with Crippen LogP contribution in [-0.2, 0) is 9.53 Å². The summed E-state index contributed by atoms with van der Waals surface area (Å²) in [6.07, 6.45) is 2.72. The molecule has 150 valence electrons. The van der Waals surface area contributed by atoms with Crippen molar-refractivity contribution in [1.82, 2.24) is 9.80 Å². The van der Waals surface area contributed by atoms with Crippen LogP contribution >= 0.6 is 0 Å². The lowest BCUT2D eigenvalue weighted by Crippen LogP contribution is -2.49. The number of rotatable bonds is 9. The number of unbranched alkanes of at least 4 members (excludes halogenated alkanes) is 1. The van der Waals surface area contributed by atoms with E-state index < -0.39 is 0 Å². The van der Waals surface area contributed by atoms with E-state index in [2.05, 4.69) is 60.4 Å². The Morgan fingerprint density at radius 1 is 0.929 bits per heavy atom. The molecule has 1 amide bonds. The van der Waals surface area contributed by atoms with Gasteiger partial charge in [-0.05, 0) is 17.5 Å². The van der Waals surface area contributed by atoms with Gasteiger partial charge in [0.25, 0.3) is 0 Å². The number of carbonyl (C=O) groups is 1. The molecule has 28 heavy (non-hydrogen) atoms. The molecular weight excluding hydrogens is 348 g/mol. The minimum Gasteiger partial charge on any atom is -0.367 e. The Balaban J connectivity index is 1.48. The van der Waals surface area contributed by atoms with Gasteiger partial charge in [0.15, 0.2) is 0 Å². The first-order chi connectivity index (χ1) is 13.8. The molecule has 4 heteroatoms. The number of amides is 1. The van der Waals surface area contributed by atoms with Crippen LogP contribution in [0.3, 0.4) is 0 Å². The Morgan fingerprint density at radius 2 is 1.50 bits per heavy atom. The van der Waals surface area contributed by atoms with E-state index in [-0.39, 0.29) is 6.10 Å². The third-order valence-electron chi connectivity index (χ3n) is 5.37. The SMILES string of the molecule is CCCCC(=O)N1CCN(CCOC(c2ccccc2)c2ccccc2)CC1. The van der Waals surface area contributed by atoms with E-state index in [1.807, 2.05) is 17.0 Å². The summed E-state index contributed by atoms with van der Waals surface area (Å²) in [7, 11) is 0. The zero-order valence-corrected chi connectivity index (χ0v) is 16.9. The number of nitrogens with zero attached hydrogens (tertiary/aromatic N) is 2. The van der Waals surface area contributed by atoms with Crippen molar-refractivity contribution in [2.75, 3.05) is 39.3 Å². The Labute approximate surface area is 169 Å². The number of carbonyl (C=O) groups excluding carboxylic acids is 1. The molecule has 0 bridgehead atoms. The summed E-state index contributed by atoms with van der Waals surface area (Å²) in [5, 5.41) is 0. The van der Waals surface area contributed by atoms with Crippen molar-refractivity contribution in [3.05, 3.63) is 71.8 Å². The summed E-state index contributed by atoms with van der Waals surface area (Å²) in [5.74, 6) is 0.311. The van der Waals surface area contributed by atoms with Crippen molar-refractivity contribution in [2.45, 2.75) is 32.3 Å². The molecule has 0 spiro atoms. The predicted octanol–water partition coefficient (Wildman–Crippen LogP) is 4.13. The number of benzene rings is 2. The Kier molecular flexibility index (Phi) is 8.07. The summed E-state index contributed by atoms with van der Waals surface area (Å²) in [4.78, 5) is 16.6. The van der Waals surface area contributed by atoms with Crippen LogP contribution < -0.4 is 0 Å². The molecule has 1 aliphatic heterocycles. The maximum absolute atomic E-state index is 12.2. The van der Waals surface area contributed by atoms with Gasteiger partial charge in [0, 0.05) is 39.1 Å². The molecule has 3 rings (SSSR count). The van der Waals surface area contributed by atoms with Gasteiger partial charge in [-0.1, -0.05) is 74.0 Å². The molecule has 1 aliphatic rings. The van der Waals surface area contributed by atoms with Crippen molar-refractivity contribution in [2.24, 2.45) is 0 Å². The van der Waals surface area contributed by atoms with Crippen LogP contribution in [0.15, 0.2) is 60.7 Å². The zero-order chi connectivity index (χ0) is 19.6. The smallest absolute Gasteiger partial charge is 0.222 e. The van der Waals surface area contributed by atoms with Gasteiger partial charge >= 0.3 is 0 Å². The average Bonchev–Trinajstić information content (AvgIpc) is 2.76. The Hall–Kier alpha value is -2.17. The van der Waals surface area contributed by atoms with Crippen molar-refractivity contribution >= 4 is 5.91 Å². The lowest BCUT2D eigenvalue weighted by Gasteiger charge is -2.35. The van der Waals surface area contributed by atoms with E-state index in [1.165, 1.54) is 11.1 Å². The molecule has 1 saturated heterocycles. The topological polar surface area (TPSA) is 32.8 Å². The zero-order valence-electron chi connectivity index (χ0n) is 16.9. The second-order valence-corrected chi connectivity index (χ2v) is 7.40. The third-order valence-corrected chi connectivity index (χ3v) is 5.37. The van der Waals surface area contributed by atoms with E-state index in [4.69, 9.17) is 4.74 Å². The lowest BCUT2D eigenvalue weighted by atomic mass is 10.0. The van der Waals surface area contributed by atoms with E-state index >= 15 is 0 Å². The van der Waals surface area contributed by atoms with E-state index in [0.717, 1.165) is 45.6 Å². The van der Waals surface area contributed by atoms with E-state index in [0.29, 0.717) is 18.9 Å². The van der Waals surface area contributed by atoms with Crippen LogP contribution in [0.2, 0.25) is 0 Å². The standard InChI is InChI=1S/C24H32N2O2/c1-2-3-14-23(27)26-17-15-25(16-18-26)19-20-28-24(21-10-6-4-7-11-21)22-12-8-5-9-13-22/h4-13,24H,2-3,14-20H2,1H3. The molecule has 0 unspecified atom stereocenters. The molecule has 0 aromatic heterocycles. The summed E-state index contributed by atoms with van der Waals surface area (Å²) in [6.45, 7) is 7.24. The first-order valence-corrected chi connectivity index (χ1v) is 10.5. The van der Waals surface area contributed by atoms with E-state index in [1.54, 1.807) is 0 Å². The maximum atomic E-state index is 12.2. The largest absolute Gasteiger partial charge is 0.367 e. The Morgan fingerprint density at radius 3 is 2.04 bits per heavy atom. The highest BCUT2D eigenvalue weighted by molar-refractivity contribution is 5.76. The van der Waals surface area contributed by atoms with Gasteiger partial charge in [0.1, 0.15) is 6.10 Å². The summed E-state index contributed by atoms with van der Waals surface area (Å²) in [5.41, 5.74) is 2.36. The lowest BCUT2D eigenvalue weighted by molar-refractivity contribution is -0.133. The summed E-state index contributed by atoms with van der Waals surface area (Å²) < 4.78 is 6.32. The first-order valence-electron chi connectivity index (χ1n) is 10.5. The second kappa shape index (κ2) is 11.0. The van der Waals surface area contributed by atoms with Crippen molar-refractivity contribution < 1.29 is 9.53 Å².